The van der Waals surface area contributed by atoms with Gasteiger partial charge in [0.15, 0.2) is 5.82 Å². The fourth-order valence-electron chi connectivity index (χ4n) is 1.92. The van der Waals surface area contributed by atoms with E-state index in [1.165, 1.54) is 11.0 Å². The average Bonchev–Trinajstić information content (AvgIpc) is 2.35. The van der Waals surface area contributed by atoms with Gasteiger partial charge in [-0.15, -0.1) is 0 Å². The SMILES string of the molecule is CCCN(C(=O)c1cc(Br)cc(S(N)(=O)=O)c1F)C(C)C. The predicted octanol–water partition coefficient (Wildman–Crippen LogP) is 2.50. The third kappa shape index (κ3) is 4.24. The van der Waals surface area contributed by atoms with Crippen LogP contribution in [0.1, 0.15) is 37.6 Å². The molecule has 0 heterocycles. The number of sulfonamides is 1. The van der Waals surface area contributed by atoms with E-state index in [0.717, 1.165) is 6.07 Å². The van der Waals surface area contributed by atoms with E-state index in [1.54, 1.807) is 0 Å². The lowest BCUT2D eigenvalue weighted by Crippen LogP contribution is -2.38. The maximum Gasteiger partial charge on any atom is 0.257 e. The van der Waals surface area contributed by atoms with E-state index < -0.39 is 26.6 Å². The van der Waals surface area contributed by atoms with Gasteiger partial charge < -0.3 is 4.90 Å². The Morgan fingerprint density at radius 2 is 2.00 bits per heavy atom. The van der Waals surface area contributed by atoms with Gasteiger partial charge in [0, 0.05) is 17.1 Å². The largest absolute Gasteiger partial charge is 0.336 e. The molecule has 5 nitrogen and oxygen atoms in total. The highest BCUT2D eigenvalue weighted by atomic mass is 79.9. The molecule has 1 aromatic rings. The highest BCUT2D eigenvalue weighted by Gasteiger charge is 2.26. The lowest BCUT2D eigenvalue weighted by molar-refractivity contribution is 0.0700. The number of carbonyl (C=O) groups excluding carboxylic acids is 1. The lowest BCUT2D eigenvalue weighted by Gasteiger charge is -2.26. The number of nitrogens with two attached hydrogens (primary N) is 1. The molecule has 0 aromatic heterocycles. The fraction of sp³-hybridized carbons (Fsp3) is 0.462. The van der Waals surface area contributed by atoms with Crippen molar-refractivity contribution in [3.8, 4) is 0 Å². The number of carbonyl (C=O) groups is 1. The number of hydrogen-bond acceptors (Lipinski definition) is 3. The second kappa shape index (κ2) is 6.85. The Morgan fingerprint density at radius 1 is 1.43 bits per heavy atom. The summed E-state index contributed by atoms with van der Waals surface area (Å²) in [5.41, 5.74) is -0.310. The second-order valence-electron chi connectivity index (χ2n) is 4.90. The van der Waals surface area contributed by atoms with Crippen molar-refractivity contribution in [1.29, 1.82) is 0 Å². The van der Waals surface area contributed by atoms with Crippen LogP contribution < -0.4 is 5.14 Å². The molecule has 0 radical (unpaired) electrons. The van der Waals surface area contributed by atoms with Crippen molar-refractivity contribution in [1.82, 2.24) is 4.90 Å². The number of hydrogen-bond donors (Lipinski definition) is 1. The van der Waals surface area contributed by atoms with Crippen LogP contribution in [0.15, 0.2) is 21.5 Å². The summed E-state index contributed by atoms with van der Waals surface area (Å²) in [6.07, 6.45) is 0.710. The van der Waals surface area contributed by atoms with E-state index in [-0.39, 0.29) is 16.1 Å². The molecule has 0 bridgehead atoms. The zero-order chi connectivity index (χ0) is 16.4. The molecule has 2 N–H and O–H groups in total. The van der Waals surface area contributed by atoms with Gasteiger partial charge in [-0.1, -0.05) is 22.9 Å². The van der Waals surface area contributed by atoms with Crippen LogP contribution in [0.4, 0.5) is 4.39 Å². The Hall–Kier alpha value is -0.990. The first-order valence-electron chi connectivity index (χ1n) is 6.42. The van der Waals surface area contributed by atoms with E-state index in [0.29, 0.717) is 13.0 Å². The number of benzene rings is 1. The predicted molar refractivity (Wildman–Crippen MR) is 81.9 cm³/mol. The molecule has 0 atom stereocenters. The van der Waals surface area contributed by atoms with E-state index in [4.69, 9.17) is 5.14 Å². The molecular weight excluding hydrogens is 363 g/mol. The fourth-order valence-corrected chi connectivity index (χ4v) is 3.18. The topological polar surface area (TPSA) is 80.5 Å². The van der Waals surface area contributed by atoms with Gasteiger partial charge in [-0.05, 0) is 32.4 Å². The molecule has 21 heavy (non-hydrogen) atoms. The maximum atomic E-state index is 14.3. The number of primary sulfonamides is 1. The molecule has 0 aliphatic heterocycles. The summed E-state index contributed by atoms with van der Waals surface area (Å²) in [6, 6.07) is 2.17. The molecule has 0 spiro atoms. The lowest BCUT2D eigenvalue weighted by atomic mass is 10.1. The molecule has 1 amide bonds. The molecular formula is C13H18BrFN2O3S. The summed E-state index contributed by atoms with van der Waals surface area (Å²) < 4.78 is 37.4. The van der Waals surface area contributed by atoms with Crippen molar-refractivity contribution in [2.45, 2.75) is 38.1 Å². The first-order chi connectivity index (χ1) is 9.59. The Kier molecular flexibility index (Phi) is 5.89. The van der Waals surface area contributed by atoms with Crippen molar-refractivity contribution in [3.05, 3.63) is 28.0 Å². The summed E-state index contributed by atoms with van der Waals surface area (Å²) in [7, 11) is -4.25. The Morgan fingerprint density at radius 3 is 2.43 bits per heavy atom. The molecule has 1 aromatic carbocycles. The van der Waals surface area contributed by atoms with Crippen molar-refractivity contribution in [2.24, 2.45) is 5.14 Å². The van der Waals surface area contributed by atoms with Crippen LogP contribution in [0.2, 0.25) is 0 Å². The van der Waals surface area contributed by atoms with Crippen molar-refractivity contribution in [2.75, 3.05) is 6.54 Å². The third-order valence-corrected chi connectivity index (χ3v) is 4.26. The summed E-state index contributed by atoms with van der Waals surface area (Å²) >= 11 is 3.08. The molecule has 0 fully saturated rings. The molecule has 0 aliphatic rings. The molecule has 0 saturated carbocycles. The third-order valence-electron chi connectivity index (χ3n) is 2.89. The molecule has 8 heteroatoms. The smallest absolute Gasteiger partial charge is 0.257 e. The normalized spacial score (nSPS) is 11.8. The Labute approximate surface area is 132 Å². The number of amides is 1. The minimum Gasteiger partial charge on any atom is -0.336 e. The number of rotatable bonds is 5. The molecule has 1 rings (SSSR count). The van der Waals surface area contributed by atoms with Crippen molar-refractivity contribution >= 4 is 31.9 Å². The monoisotopic (exact) mass is 380 g/mol. The minimum absolute atomic E-state index is 0.131. The van der Waals surface area contributed by atoms with Crippen LogP contribution in [0.5, 0.6) is 0 Å². The number of halogens is 2. The average molecular weight is 381 g/mol. The van der Waals surface area contributed by atoms with Gasteiger partial charge in [0.1, 0.15) is 4.90 Å². The first kappa shape index (κ1) is 18.1. The van der Waals surface area contributed by atoms with E-state index in [9.17, 15) is 17.6 Å². The van der Waals surface area contributed by atoms with Crippen LogP contribution >= 0.6 is 15.9 Å². The quantitative estimate of drug-likeness (QED) is 0.851. The Balaban J connectivity index is 3.43. The van der Waals surface area contributed by atoms with Gasteiger partial charge >= 0.3 is 0 Å². The van der Waals surface area contributed by atoms with E-state index >= 15 is 0 Å². The van der Waals surface area contributed by atoms with Crippen LogP contribution in [-0.4, -0.2) is 31.8 Å². The van der Waals surface area contributed by atoms with E-state index in [1.807, 2.05) is 20.8 Å². The van der Waals surface area contributed by atoms with Gasteiger partial charge in [0.05, 0.1) is 5.56 Å². The van der Waals surface area contributed by atoms with Gasteiger partial charge in [-0.25, -0.2) is 17.9 Å². The Bertz CT molecular complexity index is 647. The van der Waals surface area contributed by atoms with Crippen LogP contribution in [0.3, 0.4) is 0 Å². The summed E-state index contributed by atoms with van der Waals surface area (Å²) in [5.74, 6) is -1.68. The zero-order valence-electron chi connectivity index (χ0n) is 12.1. The minimum atomic E-state index is -4.25. The maximum absolute atomic E-state index is 14.3. The summed E-state index contributed by atoms with van der Waals surface area (Å²) in [6.45, 7) is 5.97. The summed E-state index contributed by atoms with van der Waals surface area (Å²) in [5, 5.41) is 4.98. The summed E-state index contributed by atoms with van der Waals surface area (Å²) in [4.78, 5) is 13.2. The van der Waals surface area contributed by atoms with Gasteiger partial charge in [-0.3, -0.25) is 4.79 Å². The molecule has 0 saturated heterocycles. The highest BCUT2D eigenvalue weighted by Crippen LogP contribution is 2.25. The second-order valence-corrected chi connectivity index (χ2v) is 7.35. The van der Waals surface area contributed by atoms with Crippen LogP contribution in [0, 0.1) is 5.82 Å². The van der Waals surface area contributed by atoms with Crippen molar-refractivity contribution < 1.29 is 17.6 Å². The number of nitrogens with zero attached hydrogens (tertiary/aromatic N) is 1. The van der Waals surface area contributed by atoms with E-state index in [2.05, 4.69) is 15.9 Å². The van der Waals surface area contributed by atoms with Crippen LogP contribution in [0.25, 0.3) is 0 Å². The van der Waals surface area contributed by atoms with Crippen LogP contribution in [-0.2, 0) is 10.0 Å². The van der Waals surface area contributed by atoms with Crippen molar-refractivity contribution in [3.63, 3.8) is 0 Å². The highest BCUT2D eigenvalue weighted by molar-refractivity contribution is 9.10. The van der Waals surface area contributed by atoms with Gasteiger partial charge in [-0.2, -0.15) is 0 Å². The first-order valence-corrected chi connectivity index (χ1v) is 8.76. The standard InChI is InChI=1S/C13H18BrFN2O3S/c1-4-5-17(8(2)3)13(18)10-6-9(14)7-11(12(10)15)21(16,19)20/h6-8H,4-5H2,1-3H3,(H2,16,19,20). The molecule has 118 valence electrons. The molecule has 0 aliphatic carbocycles. The molecule has 0 unspecified atom stereocenters. The van der Waals surface area contributed by atoms with Gasteiger partial charge in [0.2, 0.25) is 10.0 Å². The van der Waals surface area contributed by atoms with Gasteiger partial charge in [0.25, 0.3) is 5.91 Å². The zero-order valence-corrected chi connectivity index (χ0v) is 14.5.